The van der Waals surface area contributed by atoms with Crippen molar-refractivity contribution in [1.29, 1.82) is 0 Å². The molecule has 0 saturated heterocycles. The van der Waals surface area contributed by atoms with Gasteiger partial charge in [-0.3, -0.25) is 4.99 Å². The first-order valence-electron chi connectivity index (χ1n) is 8.63. The van der Waals surface area contributed by atoms with Gasteiger partial charge in [-0.05, 0) is 40.0 Å². The fraction of sp³-hybridized carbons (Fsp3) is 0.938. The van der Waals surface area contributed by atoms with Gasteiger partial charge in [0.2, 0.25) is 10.0 Å². The van der Waals surface area contributed by atoms with E-state index in [1.54, 1.807) is 0 Å². The highest BCUT2D eigenvalue weighted by atomic mass is 127. The number of sulfonamides is 1. The molecule has 0 aliphatic carbocycles. The predicted octanol–water partition coefficient (Wildman–Crippen LogP) is 1.94. The first-order chi connectivity index (χ1) is 11.0. The van der Waals surface area contributed by atoms with Gasteiger partial charge in [-0.1, -0.05) is 13.8 Å². The molecule has 7 nitrogen and oxygen atoms in total. The molecule has 3 N–H and O–H groups in total. The minimum Gasteiger partial charge on any atom is -0.378 e. The molecule has 152 valence electrons. The van der Waals surface area contributed by atoms with Gasteiger partial charge in [-0.25, -0.2) is 13.1 Å². The molecule has 0 aromatic heterocycles. The number of nitrogens with one attached hydrogen (secondary N) is 3. The molecule has 0 amide bonds. The zero-order valence-corrected chi connectivity index (χ0v) is 19.8. The van der Waals surface area contributed by atoms with Crippen molar-refractivity contribution in [3.8, 4) is 0 Å². The van der Waals surface area contributed by atoms with E-state index in [1.165, 1.54) is 0 Å². The standard InChI is InChI=1S/C16H36N4O3S.HI/c1-8-17-15(18-11-10-14(13(3)4)23-9-2)19-12-16(5,6)20-24(7,21)22;/h13-14,20H,8-12H2,1-7H3,(H2,17,18,19);1H. The predicted molar refractivity (Wildman–Crippen MR) is 116 cm³/mol. The number of nitrogens with zero attached hydrogens (tertiary/aromatic N) is 1. The van der Waals surface area contributed by atoms with Crippen LogP contribution < -0.4 is 15.4 Å². The zero-order chi connectivity index (χ0) is 18.8. The number of ether oxygens (including phenoxy) is 1. The molecule has 0 saturated carbocycles. The maximum Gasteiger partial charge on any atom is 0.209 e. The Morgan fingerprint density at radius 1 is 1.20 bits per heavy atom. The van der Waals surface area contributed by atoms with Crippen molar-refractivity contribution < 1.29 is 13.2 Å². The summed E-state index contributed by atoms with van der Waals surface area (Å²) in [6.07, 6.45) is 2.26. The lowest BCUT2D eigenvalue weighted by molar-refractivity contribution is 0.0258. The van der Waals surface area contributed by atoms with Gasteiger partial charge in [-0.15, -0.1) is 24.0 Å². The molecular weight excluding hydrogens is 455 g/mol. The molecule has 0 bridgehead atoms. The third kappa shape index (κ3) is 14.7. The number of rotatable bonds is 11. The van der Waals surface area contributed by atoms with E-state index in [1.807, 2.05) is 27.7 Å². The maximum absolute atomic E-state index is 11.4. The summed E-state index contributed by atoms with van der Waals surface area (Å²) in [5.74, 6) is 1.14. The van der Waals surface area contributed by atoms with E-state index in [2.05, 4.69) is 34.2 Å². The highest BCUT2D eigenvalue weighted by Crippen LogP contribution is 2.10. The van der Waals surface area contributed by atoms with Crippen molar-refractivity contribution in [2.45, 2.75) is 59.6 Å². The van der Waals surface area contributed by atoms with Crippen molar-refractivity contribution in [3.05, 3.63) is 0 Å². The molecule has 1 atom stereocenters. The molecule has 0 radical (unpaired) electrons. The molecule has 0 heterocycles. The minimum atomic E-state index is -3.26. The lowest BCUT2D eigenvalue weighted by Gasteiger charge is -2.24. The Balaban J connectivity index is 0. The van der Waals surface area contributed by atoms with E-state index < -0.39 is 15.6 Å². The van der Waals surface area contributed by atoms with Crippen molar-refractivity contribution in [2.24, 2.45) is 10.9 Å². The van der Waals surface area contributed by atoms with Crippen LogP contribution in [0, 0.1) is 5.92 Å². The lowest BCUT2D eigenvalue weighted by atomic mass is 10.0. The van der Waals surface area contributed by atoms with Crippen LogP contribution >= 0.6 is 24.0 Å². The summed E-state index contributed by atoms with van der Waals surface area (Å²) in [5.41, 5.74) is -0.637. The largest absolute Gasteiger partial charge is 0.378 e. The van der Waals surface area contributed by atoms with Gasteiger partial charge in [0.05, 0.1) is 18.9 Å². The summed E-state index contributed by atoms with van der Waals surface area (Å²) in [4.78, 5) is 4.48. The number of halogens is 1. The highest BCUT2D eigenvalue weighted by Gasteiger charge is 2.22. The summed E-state index contributed by atoms with van der Waals surface area (Å²) >= 11 is 0. The fourth-order valence-electron chi connectivity index (χ4n) is 2.31. The Hall–Kier alpha value is -0.130. The summed E-state index contributed by atoms with van der Waals surface area (Å²) in [5, 5.41) is 6.46. The van der Waals surface area contributed by atoms with Gasteiger partial charge in [0, 0.05) is 25.2 Å². The quantitative estimate of drug-likeness (QED) is 0.233. The SMILES string of the molecule is CCNC(=NCC(C)(C)NS(C)(=O)=O)NCCC(OCC)C(C)C.I. The molecule has 0 aliphatic heterocycles. The first kappa shape index (κ1) is 27.1. The second-order valence-corrected chi connectivity index (χ2v) is 8.65. The third-order valence-electron chi connectivity index (χ3n) is 3.28. The summed E-state index contributed by atoms with van der Waals surface area (Å²) in [7, 11) is -3.26. The lowest BCUT2D eigenvalue weighted by Crippen LogP contribution is -2.47. The van der Waals surface area contributed by atoms with Crippen LogP contribution in [0.1, 0.15) is 48.0 Å². The van der Waals surface area contributed by atoms with E-state index in [0.29, 0.717) is 25.0 Å². The molecule has 0 spiro atoms. The Morgan fingerprint density at radius 3 is 2.24 bits per heavy atom. The van der Waals surface area contributed by atoms with Gasteiger partial charge in [-0.2, -0.15) is 0 Å². The molecular formula is C16H37IN4O3S. The van der Waals surface area contributed by atoms with Crippen molar-refractivity contribution >= 4 is 40.0 Å². The van der Waals surface area contributed by atoms with Gasteiger partial charge < -0.3 is 15.4 Å². The monoisotopic (exact) mass is 492 g/mol. The van der Waals surface area contributed by atoms with Crippen LogP contribution in [0.2, 0.25) is 0 Å². The average Bonchev–Trinajstić information content (AvgIpc) is 2.41. The molecule has 0 aromatic carbocycles. The van der Waals surface area contributed by atoms with Crippen molar-refractivity contribution in [3.63, 3.8) is 0 Å². The molecule has 0 fully saturated rings. The summed E-state index contributed by atoms with van der Waals surface area (Å²) in [6, 6.07) is 0. The molecule has 0 aliphatic rings. The molecule has 9 heteroatoms. The van der Waals surface area contributed by atoms with Crippen LogP contribution in [-0.4, -0.2) is 58.5 Å². The van der Waals surface area contributed by atoms with Crippen LogP contribution in [-0.2, 0) is 14.8 Å². The third-order valence-corrected chi connectivity index (χ3v) is 4.21. The molecule has 25 heavy (non-hydrogen) atoms. The molecule has 0 aromatic rings. The van der Waals surface area contributed by atoms with Gasteiger partial charge in [0.15, 0.2) is 5.96 Å². The Kier molecular flexibility index (Phi) is 14.2. The number of aliphatic imine (C=N–C) groups is 1. The molecule has 1 unspecified atom stereocenters. The van der Waals surface area contributed by atoms with Gasteiger partial charge in [0.25, 0.3) is 0 Å². The van der Waals surface area contributed by atoms with Crippen molar-refractivity contribution in [2.75, 3.05) is 32.5 Å². The van der Waals surface area contributed by atoms with E-state index >= 15 is 0 Å². The smallest absolute Gasteiger partial charge is 0.209 e. The highest BCUT2D eigenvalue weighted by molar-refractivity contribution is 14.0. The number of hydrogen-bond acceptors (Lipinski definition) is 4. The van der Waals surface area contributed by atoms with Crippen LogP contribution in [0.5, 0.6) is 0 Å². The number of hydrogen-bond donors (Lipinski definition) is 3. The van der Waals surface area contributed by atoms with Gasteiger partial charge >= 0.3 is 0 Å². The van der Waals surface area contributed by atoms with Crippen LogP contribution in [0.25, 0.3) is 0 Å². The fourth-order valence-corrected chi connectivity index (χ4v) is 3.38. The minimum absolute atomic E-state index is 0. The zero-order valence-electron chi connectivity index (χ0n) is 16.7. The second kappa shape index (κ2) is 13.1. The normalized spacial score (nSPS) is 14.2. The molecule has 0 rings (SSSR count). The topological polar surface area (TPSA) is 91.8 Å². The van der Waals surface area contributed by atoms with Crippen LogP contribution in [0.15, 0.2) is 4.99 Å². The maximum atomic E-state index is 11.4. The van der Waals surface area contributed by atoms with Gasteiger partial charge in [0.1, 0.15) is 0 Å². The second-order valence-electron chi connectivity index (χ2n) is 6.91. The van der Waals surface area contributed by atoms with Crippen molar-refractivity contribution in [1.82, 2.24) is 15.4 Å². The average molecular weight is 492 g/mol. The Morgan fingerprint density at radius 2 is 1.80 bits per heavy atom. The summed E-state index contributed by atoms with van der Waals surface area (Å²) < 4.78 is 31.1. The number of guanidine groups is 1. The van der Waals surface area contributed by atoms with E-state index in [-0.39, 0.29) is 30.1 Å². The van der Waals surface area contributed by atoms with Crippen LogP contribution in [0.4, 0.5) is 0 Å². The summed E-state index contributed by atoms with van der Waals surface area (Å²) in [6.45, 7) is 14.5. The van der Waals surface area contributed by atoms with E-state index in [0.717, 1.165) is 25.8 Å². The Bertz CT molecular complexity index is 482. The van der Waals surface area contributed by atoms with E-state index in [4.69, 9.17) is 4.74 Å². The first-order valence-corrected chi connectivity index (χ1v) is 10.5. The van der Waals surface area contributed by atoms with Crippen LogP contribution in [0.3, 0.4) is 0 Å². The Labute approximate surface area is 171 Å². The van der Waals surface area contributed by atoms with E-state index in [9.17, 15) is 8.42 Å².